The second-order valence-corrected chi connectivity index (χ2v) is 8.20. The SMILES string of the molecule is CN=C(NCCc1ccc(S(C)(=O)=O)cc1)NCC(OC)c1ccccc1.I. The number of nitrogens with one attached hydrogen (secondary N) is 2. The summed E-state index contributed by atoms with van der Waals surface area (Å²) in [6.07, 6.45) is 1.91. The van der Waals surface area contributed by atoms with Gasteiger partial charge in [-0.1, -0.05) is 42.5 Å². The van der Waals surface area contributed by atoms with Gasteiger partial charge in [0.15, 0.2) is 15.8 Å². The van der Waals surface area contributed by atoms with E-state index in [1.807, 2.05) is 42.5 Å². The predicted octanol–water partition coefficient (Wildman–Crippen LogP) is 2.80. The van der Waals surface area contributed by atoms with E-state index in [-0.39, 0.29) is 30.1 Å². The number of methoxy groups -OCH3 is 1. The van der Waals surface area contributed by atoms with Crippen LogP contribution in [0.4, 0.5) is 0 Å². The molecule has 2 aromatic carbocycles. The highest BCUT2D eigenvalue weighted by Gasteiger charge is 2.10. The minimum absolute atomic E-state index is 0. The van der Waals surface area contributed by atoms with E-state index < -0.39 is 9.84 Å². The van der Waals surface area contributed by atoms with Crippen LogP contribution in [0.2, 0.25) is 0 Å². The Balaban J connectivity index is 0.00000392. The second-order valence-electron chi connectivity index (χ2n) is 6.18. The summed E-state index contributed by atoms with van der Waals surface area (Å²) in [6, 6.07) is 17.0. The molecule has 154 valence electrons. The maximum absolute atomic E-state index is 11.5. The monoisotopic (exact) mass is 517 g/mol. The summed E-state index contributed by atoms with van der Waals surface area (Å²) in [7, 11) is 0.258. The number of guanidine groups is 1. The molecule has 2 aromatic rings. The van der Waals surface area contributed by atoms with Crippen LogP contribution >= 0.6 is 24.0 Å². The van der Waals surface area contributed by atoms with Gasteiger partial charge >= 0.3 is 0 Å². The molecule has 0 aliphatic rings. The number of halogens is 1. The predicted molar refractivity (Wildman–Crippen MR) is 124 cm³/mol. The summed E-state index contributed by atoms with van der Waals surface area (Å²) < 4.78 is 28.5. The van der Waals surface area contributed by atoms with Gasteiger partial charge < -0.3 is 15.4 Å². The Labute approximate surface area is 184 Å². The van der Waals surface area contributed by atoms with Gasteiger partial charge in [-0.15, -0.1) is 24.0 Å². The van der Waals surface area contributed by atoms with Crippen LogP contribution in [0.15, 0.2) is 64.5 Å². The van der Waals surface area contributed by atoms with E-state index in [1.54, 1.807) is 26.3 Å². The van der Waals surface area contributed by atoms with Crippen LogP contribution in [-0.4, -0.2) is 47.9 Å². The third kappa shape index (κ3) is 7.76. The Morgan fingerprint density at radius 1 is 1.07 bits per heavy atom. The Morgan fingerprint density at radius 3 is 2.25 bits per heavy atom. The van der Waals surface area contributed by atoms with Crippen molar-refractivity contribution in [3.8, 4) is 0 Å². The van der Waals surface area contributed by atoms with Gasteiger partial charge in [-0.05, 0) is 29.7 Å². The molecule has 0 spiro atoms. The lowest BCUT2D eigenvalue weighted by molar-refractivity contribution is 0.106. The lowest BCUT2D eigenvalue weighted by Gasteiger charge is -2.18. The molecule has 0 saturated carbocycles. The van der Waals surface area contributed by atoms with Crippen molar-refractivity contribution in [1.29, 1.82) is 0 Å². The van der Waals surface area contributed by atoms with Gasteiger partial charge in [0, 0.05) is 33.5 Å². The molecule has 0 bridgehead atoms. The molecular formula is C20H28IN3O3S. The third-order valence-corrected chi connectivity index (χ3v) is 5.32. The molecule has 0 aliphatic heterocycles. The van der Waals surface area contributed by atoms with Crippen molar-refractivity contribution in [3.63, 3.8) is 0 Å². The quantitative estimate of drug-likeness (QED) is 0.320. The van der Waals surface area contributed by atoms with E-state index >= 15 is 0 Å². The van der Waals surface area contributed by atoms with Gasteiger partial charge in [-0.25, -0.2) is 8.42 Å². The molecule has 0 aromatic heterocycles. The zero-order chi connectivity index (χ0) is 19.7. The number of aliphatic imine (C=N–C) groups is 1. The Kier molecular flexibility index (Phi) is 10.5. The fourth-order valence-corrected chi connectivity index (χ4v) is 3.27. The first-order valence-electron chi connectivity index (χ1n) is 8.75. The van der Waals surface area contributed by atoms with E-state index in [2.05, 4.69) is 15.6 Å². The molecule has 8 heteroatoms. The van der Waals surface area contributed by atoms with Crippen molar-refractivity contribution in [2.75, 3.05) is 33.5 Å². The zero-order valence-electron chi connectivity index (χ0n) is 16.4. The highest BCUT2D eigenvalue weighted by Crippen LogP contribution is 2.14. The molecule has 2 rings (SSSR count). The lowest BCUT2D eigenvalue weighted by Crippen LogP contribution is -2.40. The number of sulfone groups is 1. The van der Waals surface area contributed by atoms with Gasteiger partial charge in [0.25, 0.3) is 0 Å². The Morgan fingerprint density at radius 2 is 1.71 bits per heavy atom. The van der Waals surface area contributed by atoms with Crippen LogP contribution in [0.3, 0.4) is 0 Å². The summed E-state index contributed by atoms with van der Waals surface area (Å²) in [5.74, 6) is 0.695. The molecule has 0 saturated heterocycles. The van der Waals surface area contributed by atoms with Crippen molar-refractivity contribution >= 4 is 39.8 Å². The Hall–Kier alpha value is -1.65. The van der Waals surface area contributed by atoms with Crippen LogP contribution in [0.25, 0.3) is 0 Å². The smallest absolute Gasteiger partial charge is 0.191 e. The molecule has 1 unspecified atom stereocenters. The number of nitrogens with zero attached hydrogens (tertiary/aromatic N) is 1. The van der Waals surface area contributed by atoms with Crippen LogP contribution in [0.5, 0.6) is 0 Å². The summed E-state index contributed by atoms with van der Waals surface area (Å²) in [5, 5.41) is 6.53. The number of hydrogen-bond acceptors (Lipinski definition) is 4. The van der Waals surface area contributed by atoms with Crippen LogP contribution in [0.1, 0.15) is 17.2 Å². The van der Waals surface area contributed by atoms with E-state index in [0.717, 1.165) is 17.5 Å². The molecule has 0 heterocycles. The number of ether oxygens (including phenoxy) is 1. The molecular weight excluding hydrogens is 489 g/mol. The van der Waals surface area contributed by atoms with Crippen molar-refractivity contribution in [1.82, 2.24) is 10.6 Å². The maximum Gasteiger partial charge on any atom is 0.191 e. The third-order valence-electron chi connectivity index (χ3n) is 4.19. The summed E-state index contributed by atoms with van der Waals surface area (Å²) in [6.45, 7) is 1.28. The largest absolute Gasteiger partial charge is 0.375 e. The van der Waals surface area contributed by atoms with Gasteiger partial charge in [0.05, 0.1) is 11.0 Å². The highest BCUT2D eigenvalue weighted by molar-refractivity contribution is 14.0. The van der Waals surface area contributed by atoms with Gasteiger partial charge in [-0.2, -0.15) is 0 Å². The van der Waals surface area contributed by atoms with Crippen LogP contribution in [-0.2, 0) is 21.0 Å². The maximum atomic E-state index is 11.5. The first-order chi connectivity index (χ1) is 12.9. The molecule has 0 amide bonds. The van der Waals surface area contributed by atoms with E-state index in [4.69, 9.17) is 4.74 Å². The van der Waals surface area contributed by atoms with E-state index in [0.29, 0.717) is 23.9 Å². The van der Waals surface area contributed by atoms with Crippen molar-refractivity contribution in [2.45, 2.75) is 17.4 Å². The molecule has 0 aliphatic carbocycles. The standard InChI is InChI=1S/C20H27N3O3S.HI/c1-21-20(23-15-19(26-2)17-7-5-4-6-8-17)22-14-13-16-9-11-18(12-10-16)27(3,24)25;/h4-12,19H,13-15H2,1-3H3,(H2,21,22,23);1H. The minimum atomic E-state index is -3.16. The van der Waals surface area contributed by atoms with Crippen LogP contribution < -0.4 is 10.6 Å². The van der Waals surface area contributed by atoms with E-state index in [9.17, 15) is 8.42 Å². The highest BCUT2D eigenvalue weighted by atomic mass is 127. The molecule has 2 N–H and O–H groups in total. The summed E-state index contributed by atoms with van der Waals surface area (Å²) in [5.41, 5.74) is 2.17. The lowest BCUT2D eigenvalue weighted by atomic mass is 10.1. The Bertz CT molecular complexity index is 841. The first-order valence-corrected chi connectivity index (χ1v) is 10.6. The fourth-order valence-electron chi connectivity index (χ4n) is 2.64. The van der Waals surface area contributed by atoms with Crippen molar-refractivity contribution < 1.29 is 13.2 Å². The van der Waals surface area contributed by atoms with Gasteiger partial charge in [0.1, 0.15) is 0 Å². The topological polar surface area (TPSA) is 79.8 Å². The summed E-state index contributed by atoms with van der Waals surface area (Å²) in [4.78, 5) is 4.56. The van der Waals surface area contributed by atoms with Crippen LogP contribution in [0, 0.1) is 0 Å². The molecule has 1 atom stereocenters. The fraction of sp³-hybridized carbons (Fsp3) is 0.350. The van der Waals surface area contributed by atoms with Gasteiger partial charge in [0.2, 0.25) is 0 Å². The average molecular weight is 517 g/mol. The molecule has 6 nitrogen and oxygen atoms in total. The second kappa shape index (κ2) is 12.0. The molecule has 0 radical (unpaired) electrons. The number of benzene rings is 2. The van der Waals surface area contributed by atoms with Gasteiger partial charge in [-0.3, -0.25) is 4.99 Å². The van der Waals surface area contributed by atoms with E-state index in [1.165, 1.54) is 6.26 Å². The molecule has 0 fully saturated rings. The average Bonchev–Trinajstić information content (AvgIpc) is 2.67. The van der Waals surface area contributed by atoms with Crippen molar-refractivity contribution in [2.24, 2.45) is 4.99 Å². The molecule has 28 heavy (non-hydrogen) atoms. The minimum Gasteiger partial charge on any atom is -0.375 e. The normalized spacial score (nSPS) is 12.8. The zero-order valence-corrected chi connectivity index (χ0v) is 19.5. The first kappa shape index (κ1) is 24.4. The summed E-state index contributed by atoms with van der Waals surface area (Å²) >= 11 is 0. The number of hydrogen-bond donors (Lipinski definition) is 2. The van der Waals surface area contributed by atoms with Crippen molar-refractivity contribution in [3.05, 3.63) is 65.7 Å². The number of rotatable bonds is 8.